The van der Waals surface area contributed by atoms with Crippen LogP contribution in [0.25, 0.3) is 0 Å². The molecule has 7 heteroatoms. The van der Waals surface area contributed by atoms with Crippen LogP contribution in [0.4, 0.5) is 21.7 Å². The number of aromatic nitrogens is 2. The molecule has 0 fully saturated rings. The smallest absolute Gasteiger partial charge is 0.182 e. The van der Waals surface area contributed by atoms with Crippen LogP contribution in [0.3, 0.4) is 0 Å². The highest BCUT2D eigenvalue weighted by Crippen LogP contribution is 2.23. The minimum absolute atomic E-state index is 0.287. The van der Waals surface area contributed by atoms with E-state index in [1.54, 1.807) is 25.2 Å². The van der Waals surface area contributed by atoms with Gasteiger partial charge in [-0.2, -0.15) is 5.26 Å². The third-order valence-electron chi connectivity index (χ3n) is 2.21. The zero-order valence-corrected chi connectivity index (χ0v) is 11.5. The predicted molar refractivity (Wildman–Crippen MR) is 73.4 cm³/mol. The van der Waals surface area contributed by atoms with Crippen molar-refractivity contribution in [1.29, 1.82) is 5.26 Å². The molecule has 2 N–H and O–H groups in total. The maximum atomic E-state index is 13.6. The first-order valence-electron chi connectivity index (χ1n) is 5.31. The fraction of sp³-hybridized carbons (Fsp3) is 0.0833. The lowest BCUT2D eigenvalue weighted by atomic mass is 10.3. The third kappa shape index (κ3) is 3.39. The third-order valence-corrected chi connectivity index (χ3v) is 2.71. The Kier molecular flexibility index (Phi) is 3.92. The summed E-state index contributed by atoms with van der Waals surface area (Å²) in [7, 11) is 0. The van der Waals surface area contributed by atoms with E-state index in [-0.39, 0.29) is 5.69 Å². The van der Waals surface area contributed by atoms with Gasteiger partial charge in [0.2, 0.25) is 0 Å². The molecule has 2 rings (SSSR count). The summed E-state index contributed by atoms with van der Waals surface area (Å²) in [5.41, 5.74) is 0.287. The van der Waals surface area contributed by atoms with Crippen LogP contribution < -0.4 is 10.6 Å². The molecule has 0 aliphatic heterocycles. The molecule has 0 aliphatic carbocycles. The Bertz CT molecular complexity index is 653. The largest absolute Gasteiger partial charge is 0.338 e. The van der Waals surface area contributed by atoms with Gasteiger partial charge in [-0.3, -0.25) is 5.32 Å². The lowest BCUT2D eigenvalue weighted by Gasteiger charge is -2.09. The number of hydrogen-bond acceptors (Lipinski definition) is 5. The summed E-state index contributed by atoms with van der Waals surface area (Å²) in [6.45, 7) is 1.69. The van der Waals surface area contributed by atoms with Crippen LogP contribution in [0.15, 0.2) is 28.7 Å². The van der Waals surface area contributed by atoms with E-state index < -0.39 is 5.82 Å². The first kappa shape index (κ1) is 13.2. The highest BCUT2D eigenvalue weighted by molar-refractivity contribution is 9.10. The fourth-order valence-electron chi connectivity index (χ4n) is 1.48. The molecule has 1 heterocycles. The first-order valence-corrected chi connectivity index (χ1v) is 6.10. The second-order valence-electron chi connectivity index (χ2n) is 3.67. The van der Waals surface area contributed by atoms with E-state index in [1.807, 2.05) is 0 Å². The summed E-state index contributed by atoms with van der Waals surface area (Å²) < 4.78 is 14.4. The number of nitrogens with one attached hydrogen (secondary N) is 2. The Morgan fingerprint density at radius 1 is 1.26 bits per heavy atom. The highest BCUT2D eigenvalue weighted by Gasteiger charge is 2.06. The van der Waals surface area contributed by atoms with Crippen LogP contribution in [0.1, 0.15) is 5.82 Å². The molecule has 1 aromatic carbocycles. The topological polar surface area (TPSA) is 73.6 Å². The van der Waals surface area contributed by atoms with Crippen molar-refractivity contribution in [3.63, 3.8) is 0 Å². The monoisotopic (exact) mass is 321 g/mol. The molecule has 19 heavy (non-hydrogen) atoms. The molecule has 0 amide bonds. The molecular weight excluding hydrogens is 313 g/mol. The second kappa shape index (κ2) is 5.63. The van der Waals surface area contributed by atoms with Crippen molar-refractivity contribution >= 4 is 33.3 Å². The summed E-state index contributed by atoms with van der Waals surface area (Å²) in [5.74, 6) is 0.836. The molecule has 0 spiro atoms. The average molecular weight is 322 g/mol. The lowest BCUT2D eigenvalue weighted by molar-refractivity contribution is 0.631. The van der Waals surface area contributed by atoms with E-state index in [9.17, 15) is 4.39 Å². The quantitative estimate of drug-likeness (QED) is 0.670. The molecule has 0 saturated heterocycles. The van der Waals surface area contributed by atoms with Gasteiger partial charge in [-0.1, -0.05) is 15.9 Å². The van der Waals surface area contributed by atoms with Gasteiger partial charge in [-0.05, 0) is 25.1 Å². The van der Waals surface area contributed by atoms with Crippen molar-refractivity contribution < 1.29 is 4.39 Å². The Morgan fingerprint density at radius 2 is 2.00 bits per heavy atom. The molecule has 5 nitrogen and oxygen atoms in total. The Labute approximate surface area is 117 Å². The highest BCUT2D eigenvalue weighted by atomic mass is 79.9. The molecule has 0 bridgehead atoms. The fourth-order valence-corrected chi connectivity index (χ4v) is 1.85. The van der Waals surface area contributed by atoms with Crippen LogP contribution in [0.2, 0.25) is 0 Å². The van der Waals surface area contributed by atoms with Crippen molar-refractivity contribution in [2.24, 2.45) is 0 Å². The summed E-state index contributed by atoms with van der Waals surface area (Å²) in [5, 5.41) is 13.8. The molecule has 0 aliphatic rings. The number of anilines is 3. The van der Waals surface area contributed by atoms with Gasteiger partial charge in [-0.25, -0.2) is 14.4 Å². The second-order valence-corrected chi connectivity index (χ2v) is 4.59. The van der Waals surface area contributed by atoms with Gasteiger partial charge in [0.25, 0.3) is 0 Å². The molecule has 0 radical (unpaired) electrons. The molecule has 0 unspecified atom stereocenters. The van der Waals surface area contributed by atoms with Gasteiger partial charge in [0, 0.05) is 10.5 Å². The van der Waals surface area contributed by atoms with Gasteiger partial charge >= 0.3 is 0 Å². The van der Waals surface area contributed by atoms with E-state index in [2.05, 4.69) is 36.5 Å². The van der Waals surface area contributed by atoms with E-state index in [0.717, 1.165) is 4.47 Å². The van der Waals surface area contributed by atoms with Gasteiger partial charge in [0.15, 0.2) is 6.19 Å². The normalized spacial score (nSPS) is 9.79. The summed E-state index contributed by atoms with van der Waals surface area (Å²) >= 11 is 3.27. The van der Waals surface area contributed by atoms with Crippen LogP contribution in [-0.2, 0) is 0 Å². The zero-order valence-electron chi connectivity index (χ0n) is 9.91. The van der Waals surface area contributed by atoms with Crippen LogP contribution >= 0.6 is 15.9 Å². The maximum Gasteiger partial charge on any atom is 0.182 e. The predicted octanol–water partition coefficient (Wildman–Crippen LogP) is 3.32. The molecule has 1 aromatic heterocycles. The number of hydrogen-bond donors (Lipinski definition) is 2. The van der Waals surface area contributed by atoms with Crippen molar-refractivity contribution in [2.45, 2.75) is 6.92 Å². The SMILES string of the molecule is Cc1nc(NC#N)cc(Nc2cc(Br)ccc2F)n1. The summed E-state index contributed by atoms with van der Waals surface area (Å²) in [6.07, 6.45) is 1.77. The number of benzene rings is 1. The molecule has 0 saturated carbocycles. The number of rotatable bonds is 3. The van der Waals surface area contributed by atoms with Gasteiger partial charge in [-0.15, -0.1) is 0 Å². The van der Waals surface area contributed by atoms with E-state index in [0.29, 0.717) is 17.5 Å². The van der Waals surface area contributed by atoms with Crippen molar-refractivity contribution in [3.05, 3.63) is 40.4 Å². The summed E-state index contributed by atoms with van der Waals surface area (Å²) in [6, 6.07) is 6.07. The Hall–Kier alpha value is -2.20. The van der Waals surface area contributed by atoms with E-state index >= 15 is 0 Å². The Balaban J connectivity index is 2.33. The number of nitrogens with zero attached hydrogens (tertiary/aromatic N) is 3. The van der Waals surface area contributed by atoms with Gasteiger partial charge < -0.3 is 5.32 Å². The number of aryl methyl sites for hydroxylation is 1. The maximum absolute atomic E-state index is 13.6. The molecular formula is C12H9BrFN5. The minimum atomic E-state index is -0.394. The average Bonchev–Trinajstić information content (AvgIpc) is 2.33. The van der Waals surface area contributed by atoms with Gasteiger partial charge in [0.05, 0.1) is 5.69 Å². The molecule has 96 valence electrons. The van der Waals surface area contributed by atoms with E-state index in [4.69, 9.17) is 5.26 Å². The zero-order chi connectivity index (χ0) is 13.8. The van der Waals surface area contributed by atoms with Crippen LogP contribution in [-0.4, -0.2) is 9.97 Å². The lowest BCUT2D eigenvalue weighted by Crippen LogP contribution is -2.02. The minimum Gasteiger partial charge on any atom is -0.338 e. The van der Waals surface area contributed by atoms with Crippen molar-refractivity contribution in [2.75, 3.05) is 10.6 Å². The molecule has 2 aromatic rings. The summed E-state index contributed by atoms with van der Waals surface area (Å²) in [4.78, 5) is 8.15. The van der Waals surface area contributed by atoms with Crippen LogP contribution in [0.5, 0.6) is 0 Å². The Morgan fingerprint density at radius 3 is 2.74 bits per heavy atom. The van der Waals surface area contributed by atoms with E-state index in [1.165, 1.54) is 12.1 Å². The van der Waals surface area contributed by atoms with Gasteiger partial charge in [0.1, 0.15) is 23.3 Å². The molecule has 0 atom stereocenters. The number of halogens is 2. The standard InChI is InChI=1S/C12H9BrFN5/c1-7-17-11(16-6-15)5-12(18-7)19-10-4-8(13)2-3-9(10)14/h2-5H,1H3,(H2,16,17,18,19). The number of nitriles is 1. The van der Waals surface area contributed by atoms with Crippen molar-refractivity contribution in [3.8, 4) is 6.19 Å². The van der Waals surface area contributed by atoms with Crippen LogP contribution in [0, 0.1) is 24.2 Å². The first-order chi connectivity index (χ1) is 9.08. The van der Waals surface area contributed by atoms with Crippen molar-refractivity contribution in [1.82, 2.24) is 9.97 Å².